The van der Waals surface area contributed by atoms with Gasteiger partial charge in [-0.3, -0.25) is 0 Å². The molecular weight excluding hydrogens is 316 g/mol. The molecule has 0 aromatic carbocycles. The van der Waals surface area contributed by atoms with Crippen molar-refractivity contribution in [3.63, 3.8) is 0 Å². The Hall–Kier alpha value is -1.07. The van der Waals surface area contributed by atoms with E-state index >= 15 is 0 Å². The molecule has 0 atom stereocenters. The lowest BCUT2D eigenvalue weighted by Crippen LogP contribution is -2.42. The largest absolute Gasteiger partial charge is 0.355 e. The Balaban J connectivity index is 1.92. The SMILES string of the molecule is CN1CCC(N(C)c2nc3ccccn3c2CBr)CC1. The second-order valence-electron chi connectivity index (χ2n) is 5.59. The lowest BCUT2D eigenvalue weighted by atomic mass is 10.0. The van der Waals surface area contributed by atoms with Gasteiger partial charge in [0.2, 0.25) is 0 Å². The molecule has 4 nitrogen and oxygen atoms in total. The molecule has 0 unspecified atom stereocenters. The van der Waals surface area contributed by atoms with E-state index in [0.29, 0.717) is 6.04 Å². The number of rotatable bonds is 3. The molecule has 1 fully saturated rings. The highest BCUT2D eigenvalue weighted by atomic mass is 79.9. The highest BCUT2D eigenvalue weighted by Crippen LogP contribution is 2.27. The number of imidazole rings is 1. The van der Waals surface area contributed by atoms with Gasteiger partial charge in [-0.05, 0) is 45.1 Å². The quantitative estimate of drug-likeness (QED) is 0.805. The standard InChI is InChI=1S/C15H21BrN4/c1-18-9-6-12(7-10-18)19(2)15-13(11-16)20-8-4-3-5-14(20)17-15/h3-5,8,12H,6-7,9-11H2,1-2H3. The number of alkyl halides is 1. The van der Waals surface area contributed by atoms with Crippen LogP contribution in [0, 0.1) is 0 Å². The predicted molar refractivity (Wildman–Crippen MR) is 86.7 cm³/mol. The molecule has 1 aliphatic heterocycles. The zero-order chi connectivity index (χ0) is 14.1. The van der Waals surface area contributed by atoms with Gasteiger partial charge in [0.1, 0.15) is 5.65 Å². The third-order valence-corrected chi connectivity index (χ3v) is 4.84. The van der Waals surface area contributed by atoms with Gasteiger partial charge in [-0.15, -0.1) is 0 Å². The summed E-state index contributed by atoms with van der Waals surface area (Å²) in [6.07, 6.45) is 4.51. The van der Waals surface area contributed by atoms with Gasteiger partial charge in [-0.2, -0.15) is 0 Å². The Bertz CT molecular complexity index is 587. The maximum absolute atomic E-state index is 4.82. The minimum atomic E-state index is 0.592. The molecule has 3 heterocycles. The number of likely N-dealkylation sites (tertiary alicyclic amines) is 1. The fourth-order valence-electron chi connectivity index (χ4n) is 3.00. The van der Waals surface area contributed by atoms with Crippen molar-refractivity contribution in [1.82, 2.24) is 14.3 Å². The molecule has 0 spiro atoms. The fourth-order valence-corrected chi connectivity index (χ4v) is 3.52. The fraction of sp³-hybridized carbons (Fsp3) is 0.533. The number of nitrogens with zero attached hydrogens (tertiary/aromatic N) is 4. The maximum atomic E-state index is 4.82. The summed E-state index contributed by atoms with van der Waals surface area (Å²) in [5, 5.41) is 0.824. The Kier molecular flexibility index (Phi) is 3.98. The van der Waals surface area contributed by atoms with E-state index in [2.05, 4.69) is 62.6 Å². The number of pyridine rings is 1. The van der Waals surface area contributed by atoms with E-state index < -0.39 is 0 Å². The maximum Gasteiger partial charge on any atom is 0.152 e. The van der Waals surface area contributed by atoms with Gasteiger partial charge in [0.05, 0.1) is 5.69 Å². The van der Waals surface area contributed by atoms with E-state index in [1.54, 1.807) is 0 Å². The minimum Gasteiger partial charge on any atom is -0.355 e. The van der Waals surface area contributed by atoms with Crippen molar-refractivity contribution < 1.29 is 0 Å². The lowest BCUT2D eigenvalue weighted by Gasteiger charge is -2.35. The Morgan fingerprint density at radius 1 is 1.35 bits per heavy atom. The van der Waals surface area contributed by atoms with Gasteiger partial charge in [-0.1, -0.05) is 22.0 Å². The van der Waals surface area contributed by atoms with Crippen molar-refractivity contribution in [2.45, 2.75) is 24.2 Å². The van der Waals surface area contributed by atoms with Gasteiger partial charge < -0.3 is 14.2 Å². The molecule has 5 heteroatoms. The molecule has 20 heavy (non-hydrogen) atoms. The molecule has 0 radical (unpaired) electrons. The molecule has 0 saturated carbocycles. The van der Waals surface area contributed by atoms with Crippen molar-refractivity contribution in [2.24, 2.45) is 0 Å². The first-order valence-electron chi connectivity index (χ1n) is 7.14. The molecule has 0 bridgehead atoms. The number of anilines is 1. The summed E-state index contributed by atoms with van der Waals surface area (Å²) < 4.78 is 2.18. The summed E-state index contributed by atoms with van der Waals surface area (Å²) in [5.41, 5.74) is 2.26. The molecular formula is C15H21BrN4. The molecule has 1 aliphatic rings. The summed E-state index contributed by atoms with van der Waals surface area (Å²) in [4.78, 5) is 9.60. The monoisotopic (exact) mass is 336 g/mol. The van der Waals surface area contributed by atoms with Crippen molar-refractivity contribution in [2.75, 3.05) is 32.1 Å². The van der Waals surface area contributed by atoms with Crippen LogP contribution in [0.2, 0.25) is 0 Å². The van der Waals surface area contributed by atoms with Crippen LogP contribution in [0.4, 0.5) is 5.82 Å². The van der Waals surface area contributed by atoms with E-state index in [4.69, 9.17) is 4.98 Å². The van der Waals surface area contributed by atoms with Crippen LogP contribution < -0.4 is 4.90 Å². The Morgan fingerprint density at radius 3 is 2.80 bits per heavy atom. The number of aromatic nitrogens is 2. The average Bonchev–Trinajstić information content (AvgIpc) is 2.85. The highest BCUT2D eigenvalue weighted by molar-refractivity contribution is 9.08. The van der Waals surface area contributed by atoms with Crippen LogP contribution in [0.25, 0.3) is 5.65 Å². The van der Waals surface area contributed by atoms with Crippen molar-refractivity contribution in [3.05, 3.63) is 30.1 Å². The van der Waals surface area contributed by atoms with Crippen LogP contribution in [0.5, 0.6) is 0 Å². The number of halogens is 1. The van der Waals surface area contributed by atoms with Crippen molar-refractivity contribution >= 4 is 27.4 Å². The summed E-state index contributed by atoms with van der Waals surface area (Å²) in [6, 6.07) is 6.76. The van der Waals surface area contributed by atoms with Gasteiger partial charge in [0.15, 0.2) is 5.82 Å². The third-order valence-electron chi connectivity index (χ3n) is 4.30. The summed E-state index contributed by atoms with van der Waals surface area (Å²) in [5.74, 6) is 1.11. The minimum absolute atomic E-state index is 0.592. The zero-order valence-electron chi connectivity index (χ0n) is 12.1. The van der Waals surface area contributed by atoms with Gasteiger partial charge in [0, 0.05) is 24.6 Å². The summed E-state index contributed by atoms with van der Waals surface area (Å²) in [7, 11) is 4.38. The van der Waals surface area contributed by atoms with Crippen LogP contribution in [0.3, 0.4) is 0 Å². The second kappa shape index (κ2) is 5.74. The van der Waals surface area contributed by atoms with Crippen LogP contribution in [0.15, 0.2) is 24.4 Å². The molecule has 108 valence electrons. The molecule has 2 aromatic heterocycles. The van der Waals surface area contributed by atoms with E-state index in [1.807, 2.05) is 6.07 Å². The van der Waals surface area contributed by atoms with Crippen LogP contribution >= 0.6 is 15.9 Å². The predicted octanol–water partition coefficient (Wildman–Crippen LogP) is 2.76. The van der Waals surface area contributed by atoms with Crippen LogP contribution in [-0.4, -0.2) is 47.5 Å². The average molecular weight is 337 g/mol. The molecule has 0 amide bonds. The Morgan fingerprint density at radius 2 is 2.10 bits per heavy atom. The van der Waals surface area contributed by atoms with Crippen LogP contribution in [-0.2, 0) is 5.33 Å². The van der Waals surface area contributed by atoms with Crippen molar-refractivity contribution in [3.8, 4) is 0 Å². The topological polar surface area (TPSA) is 23.8 Å². The van der Waals surface area contributed by atoms with Gasteiger partial charge >= 0.3 is 0 Å². The van der Waals surface area contributed by atoms with E-state index in [9.17, 15) is 0 Å². The number of hydrogen-bond acceptors (Lipinski definition) is 3. The lowest BCUT2D eigenvalue weighted by molar-refractivity contribution is 0.252. The number of hydrogen-bond donors (Lipinski definition) is 0. The molecule has 2 aromatic rings. The van der Waals surface area contributed by atoms with Crippen LogP contribution in [0.1, 0.15) is 18.5 Å². The zero-order valence-corrected chi connectivity index (χ0v) is 13.7. The first-order valence-corrected chi connectivity index (χ1v) is 8.26. The van der Waals surface area contributed by atoms with E-state index in [-0.39, 0.29) is 0 Å². The smallest absolute Gasteiger partial charge is 0.152 e. The van der Waals surface area contributed by atoms with Gasteiger partial charge in [0.25, 0.3) is 0 Å². The number of piperidine rings is 1. The first kappa shape index (κ1) is 13.9. The molecule has 0 N–H and O–H groups in total. The normalized spacial score (nSPS) is 17.8. The molecule has 3 rings (SSSR count). The van der Waals surface area contributed by atoms with Gasteiger partial charge in [-0.25, -0.2) is 4.98 Å². The van der Waals surface area contributed by atoms with E-state index in [1.165, 1.54) is 31.6 Å². The second-order valence-corrected chi connectivity index (χ2v) is 6.15. The van der Waals surface area contributed by atoms with Crippen molar-refractivity contribution in [1.29, 1.82) is 0 Å². The number of fused-ring (bicyclic) bond motifs is 1. The van der Waals surface area contributed by atoms with E-state index in [0.717, 1.165) is 16.8 Å². The molecule has 0 aliphatic carbocycles. The summed E-state index contributed by atoms with van der Waals surface area (Å²) in [6.45, 7) is 2.35. The summed E-state index contributed by atoms with van der Waals surface area (Å²) >= 11 is 3.61. The first-order chi connectivity index (χ1) is 9.70. The molecule has 1 saturated heterocycles. The Labute approximate surface area is 128 Å². The third kappa shape index (κ3) is 2.44. The highest BCUT2D eigenvalue weighted by Gasteiger charge is 2.24.